The van der Waals surface area contributed by atoms with Gasteiger partial charge >= 0.3 is 8.46 Å². The molecule has 2 unspecified atom stereocenters. The summed E-state index contributed by atoms with van der Waals surface area (Å²) in [7, 11) is 1.16. The van der Waals surface area contributed by atoms with E-state index in [9.17, 15) is 9.36 Å². The van der Waals surface area contributed by atoms with Crippen molar-refractivity contribution in [1.29, 1.82) is 0 Å². The number of rotatable bonds is 3. The number of nitrogens with one attached hydrogen (secondary N) is 1. The first-order valence-electron chi connectivity index (χ1n) is 3.56. The molecule has 2 atom stereocenters. The molecule has 0 aromatic rings. The molecule has 0 rings (SSSR count). The highest BCUT2D eigenvalue weighted by Crippen LogP contribution is 2.29. The maximum absolute atomic E-state index is 11.2. The number of carbonyl (C=O) groups excluding carboxylic acids is 1. The third-order valence-electron chi connectivity index (χ3n) is 2.07. The van der Waals surface area contributed by atoms with Crippen LogP contribution in [-0.2, 0) is 9.36 Å². The van der Waals surface area contributed by atoms with Gasteiger partial charge in [-0.1, -0.05) is 4.57 Å². The fourth-order valence-corrected chi connectivity index (χ4v) is 1.09. The molecule has 0 bridgehead atoms. The normalized spacial score (nSPS) is 14.5. The molecule has 64 valence electrons. The fourth-order valence-electron chi connectivity index (χ4n) is 0.666. The minimum atomic E-state index is -0.533. The number of hydrogen-bond donors (Lipinski definition) is 1. The summed E-state index contributed by atoms with van der Waals surface area (Å²) in [6.07, 6.45) is 0. The van der Waals surface area contributed by atoms with Gasteiger partial charge in [0.2, 0.25) is 5.91 Å². The summed E-state index contributed by atoms with van der Waals surface area (Å²) < 4.78 is 10.5. The van der Waals surface area contributed by atoms with Crippen LogP contribution in [-0.4, -0.2) is 18.6 Å². The van der Waals surface area contributed by atoms with Crippen LogP contribution < -0.4 is 5.32 Å². The lowest BCUT2D eigenvalue weighted by atomic mass is 9.89. The van der Waals surface area contributed by atoms with Crippen LogP contribution in [0.15, 0.2) is 0 Å². The lowest BCUT2D eigenvalue weighted by Gasteiger charge is -2.20. The molecule has 0 heterocycles. The zero-order chi connectivity index (χ0) is 9.07. The molecule has 0 aliphatic rings. The molecular weight excluding hydrogens is 161 g/mol. The molecule has 0 aliphatic heterocycles. The maximum atomic E-state index is 11.2. The SMILES string of the molecule is CNC(=O)C(C)(C)C(C)[PH+]=O. The number of hydrogen-bond acceptors (Lipinski definition) is 2. The third-order valence-corrected chi connectivity index (χ3v) is 3.15. The number of carbonyl (C=O) groups is 1. The van der Waals surface area contributed by atoms with Gasteiger partial charge in [-0.05, 0) is 20.8 Å². The zero-order valence-corrected chi connectivity index (χ0v) is 8.39. The first-order chi connectivity index (χ1) is 4.96. The highest BCUT2D eigenvalue weighted by Gasteiger charge is 2.38. The van der Waals surface area contributed by atoms with Gasteiger partial charge in [-0.2, -0.15) is 0 Å². The van der Waals surface area contributed by atoms with Crippen molar-refractivity contribution in [3.05, 3.63) is 0 Å². The molecule has 0 aliphatic carbocycles. The van der Waals surface area contributed by atoms with E-state index in [0.717, 1.165) is 0 Å². The summed E-state index contributed by atoms with van der Waals surface area (Å²) in [6, 6.07) is 0. The van der Waals surface area contributed by atoms with Crippen molar-refractivity contribution in [2.45, 2.75) is 26.4 Å². The molecule has 0 aromatic heterocycles. The molecule has 0 fully saturated rings. The lowest BCUT2D eigenvalue weighted by molar-refractivity contribution is -0.128. The Morgan fingerprint density at radius 3 is 2.27 bits per heavy atom. The van der Waals surface area contributed by atoms with Gasteiger partial charge in [0.15, 0.2) is 5.66 Å². The summed E-state index contributed by atoms with van der Waals surface area (Å²) in [4.78, 5) is 11.2. The van der Waals surface area contributed by atoms with Crippen LogP contribution in [0.5, 0.6) is 0 Å². The van der Waals surface area contributed by atoms with Crippen molar-refractivity contribution in [2.24, 2.45) is 5.41 Å². The van der Waals surface area contributed by atoms with E-state index in [1.165, 1.54) is 0 Å². The maximum Gasteiger partial charge on any atom is 0.328 e. The standard InChI is InChI=1S/C7H14NO2P/c1-5(11-10)7(2,3)6(9)8-4/h5H,1-4H3,(H,8,9)/p+1. The van der Waals surface area contributed by atoms with Gasteiger partial charge in [-0.3, -0.25) is 4.79 Å². The van der Waals surface area contributed by atoms with Crippen LogP contribution in [0.2, 0.25) is 0 Å². The van der Waals surface area contributed by atoms with Gasteiger partial charge in [-0.25, -0.2) is 0 Å². The second kappa shape index (κ2) is 3.82. The van der Waals surface area contributed by atoms with Crippen molar-refractivity contribution in [3.63, 3.8) is 0 Å². The van der Waals surface area contributed by atoms with Crippen molar-refractivity contribution in [2.75, 3.05) is 7.05 Å². The van der Waals surface area contributed by atoms with Gasteiger partial charge < -0.3 is 5.32 Å². The lowest BCUT2D eigenvalue weighted by Crippen LogP contribution is -2.39. The summed E-state index contributed by atoms with van der Waals surface area (Å²) in [5, 5.41) is 2.55. The van der Waals surface area contributed by atoms with Crippen LogP contribution in [0.4, 0.5) is 0 Å². The Hall–Kier alpha value is -0.430. The summed E-state index contributed by atoms with van der Waals surface area (Å²) >= 11 is 0. The largest absolute Gasteiger partial charge is 0.359 e. The van der Waals surface area contributed by atoms with E-state index in [2.05, 4.69) is 5.32 Å². The molecule has 0 radical (unpaired) electrons. The smallest absolute Gasteiger partial charge is 0.328 e. The first-order valence-corrected chi connectivity index (χ1v) is 4.55. The van der Waals surface area contributed by atoms with Crippen LogP contribution in [0, 0.1) is 5.41 Å². The van der Waals surface area contributed by atoms with Gasteiger partial charge in [0.25, 0.3) is 0 Å². The summed E-state index contributed by atoms with van der Waals surface area (Å²) in [5.41, 5.74) is -0.628. The van der Waals surface area contributed by atoms with Gasteiger partial charge in [0.1, 0.15) is 0 Å². The Morgan fingerprint density at radius 2 is 2.00 bits per heavy atom. The monoisotopic (exact) mass is 176 g/mol. The van der Waals surface area contributed by atoms with Crippen LogP contribution in [0.25, 0.3) is 0 Å². The molecule has 1 N–H and O–H groups in total. The van der Waals surface area contributed by atoms with Gasteiger partial charge in [0.05, 0.1) is 5.41 Å². The quantitative estimate of drug-likeness (QED) is 0.656. The van der Waals surface area contributed by atoms with Crippen LogP contribution in [0.1, 0.15) is 20.8 Å². The molecule has 0 saturated carbocycles. The minimum Gasteiger partial charge on any atom is -0.359 e. The van der Waals surface area contributed by atoms with E-state index in [0.29, 0.717) is 0 Å². The van der Waals surface area contributed by atoms with E-state index >= 15 is 0 Å². The molecule has 0 aromatic carbocycles. The molecule has 1 amide bonds. The van der Waals surface area contributed by atoms with E-state index < -0.39 is 13.9 Å². The summed E-state index contributed by atoms with van der Waals surface area (Å²) in [5.74, 6) is -0.0617. The highest BCUT2D eigenvalue weighted by molar-refractivity contribution is 7.24. The predicted molar refractivity (Wildman–Crippen MR) is 46.3 cm³/mol. The average Bonchev–Trinajstić information content (AvgIpc) is 2.01. The zero-order valence-electron chi connectivity index (χ0n) is 7.39. The molecule has 0 spiro atoms. The topological polar surface area (TPSA) is 46.2 Å². The highest BCUT2D eigenvalue weighted by atomic mass is 31.1. The van der Waals surface area contributed by atoms with Crippen molar-refractivity contribution >= 4 is 14.4 Å². The van der Waals surface area contributed by atoms with E-state index in [1.54, 1.807) is 27.8 Å². The van der Waals surface area contributed by atoms with E-state index in [1.807, 2.05) is 0 Å². The second-order valence-corrected chi connectivity index (χ2v) is 4.24. The molecular formula is C7H15NO2P+. The molecule has 3 nitrogen and oxygen atoms in total. The Morgan fingerprint density at radius 1 is 1.55 bits per heavy atom. The fraction of sp³-hybridized carbons (Fsp3) is 0.857. The van der Waals surface area contributed by atoms with Gasteiger partial charge in [0, 0.05) is 7.05 Å². The van der Waals surface area contributed by atoms with Gasteiger partial charge in [-0.15, -0.1) is 0 Å². The van der Waals surface area contributed by atoms with E-state index in [4.69, 9.17) is 0 Å². The van der Waals surface area contributed by atoms with Crippen molar-refractivity contribution in [1.82, 2.24) is 5.32 Å². The Balaban J connectivity index is 4.43. The Bertz CT molecular complexity index is 168. The van der Waals surface area contributed by atoms with Crippen LogP contribution in [0.3, 0.4) is 0 Å². The predicted octanol–water partition coefficient (Wildman–Crippen LogP) is 1.17. The molecule has 0 saturated heterocycles. The van der Waals surface area contributed by atoms with Crippen molar-refractivity contribution in [3.8, 4) is 0 Å². The van der Waals surface area contributed by atoms with Crippen molar-refractivity contribution < 1.29 is 9.36 Å². The average molecular weight is 176 g/mol. The molecule has 11 heavy (non-hydrogen) atoms. The van der Waals surface area contributed by atoms with E-state index in [-0.39, 0.29) is 11.6 Å². The third kappa shape index (κ3) is 2.26. The number of amides is 1. The molecule has 4 heteroatoms. The Labute approximate surface area is 68.8 Å². The first kappa shape index (κ1) is 10.6. The second-order valence-electron chi connectivity index (χ2n) is 3.14. The Kier molecular flexibility index (Phi) is 3.67. The summed E-state index contributed by atoms with van der Waals surface area (Å²) in [6.45, 7) is 5.39. The van der Waals surface area contributed by atoms with Crippen LogP contribution >= 0.6 is 8.46 Å². The minimum absolute atomic E-state index is 0.0617.